The van der Waals surface area contributed by atoms with Gasteiger partial charge in [0.25, 0.3) is 5.91 Å². The summed E-state index contributed by atoms with van der Waals surface area (Å²) in [6.45, 7) is 0.746. The number of amides is 3. The summed E-state index contributed by atoms with van der Waals surface area (Å²) in [5.41, 5.74) is 3.26. The van der Waals surface area contributed by atoms with Crippen molar-refractivity contribution in [2.75, 3.05) is 33.6 Å². The van der Waals surface area contributed by atoms with Gasteiger partial charge >= 0.3 is 0 Å². The number of carbonyl (C=O) groups excluding carboxylic acids is 3. The second kappa shape index (κ2) is 14.8. The molecule has 0 saturated heterocycles. The smallest absolute Gasteiger partial charge is 0.270 e. The molecule has 1 unspecified atom stereocenters. The molecule has 0 fully saturated rings. The minimum atomic E-state index is -0.704. The van der Waals surface area contributed by atoms with Crippen molar-refractivity contribution < 1.29 is 28.6 Å². The molecule has 0 aliphatic carbocycles. The maximum absolute atomic E-state index is 13.1. The number of aliphatic imine (C=N–C) groups is 2. The van der Waals surface area contributed by atoms with Crippen molar-refractivity contribution in [3.8, 4) is 17.2 Å². The number of fused-ring (bicyclic) bond motifs is 3. The average Bonchev–Trinajstić information content (AvgIpc) is 3.41. The van der Waals surface area contributed by atoms with Crippen LogP contribution in [0.4, 0.5) is 5.69 Å². The maximum Gasteiger partial charge on any atom is 0.270 e. The van der Waals surface area contributed by atoms with E-state index in [1.165, 1.54) is 11.8 Å². The SMILES string of the molecule is COc1ccccc1CNC(=O)CCC1C(=O)N=C2c3ccccc3N=C(SCC(=O)NCCc3ccc(OC)c(OC)c3)N21. The Hall–Kier alpha value is -4.84. The molecule has 3 amide bonds. The van der Waals surface area contributed by atoms with E-state index < -0.39 is 6.04 Å². The van der Waals surface area contributed by atoms with Crippen molar-refractivity contribution in [2.24, 2.45) is 9.98 Å². The summed E-state index contributed by atoms with van der Waals surface area (Å²) in [7, 11) is 4.75. The number of nitrogens with zero attached hydrogens (tertiary/aromatic N) is 3. The molecule has 0 radical (unpaired) electrons. The summed E-state index contributed by atoms with van der Waals surface area (Å²) < 4.78 is 16.0. The zero-order valence-electron chi connectivity index (χ0n) is 25.4. The van der Waals surface area contributed by atoms with Crippen molar-refractivity contribution in [3.63, 3.8) is 0 Å². The molecule has 3 aromatic rings. The minimum Gasteiger partial charge on any atom is -0.496 e. The van der Waals surface area contributed by atoms with Crippen LogP contribution in [0, 0.1) is 0 Å². The summed E-state index contributed by atoms with van der Waals surface area (Å²) in [6, 6.07) is 19.9. The fourth-order valence-corrected chi connectivity index (χ4v) is 6.02. The second-order valence-electron chi connectivity index (χ2n) is 10.3. The maximum atomic E-state index is 13.1. The Morgan fingerprint density at radius 2 is 1.62 bits per heavy atom. The number of rotatable bonds is 13. The van der Waals surface area contributed by atoms with E-state index in [-0.39, 0.29) is 36.3 Å². The lowest BCUT2D eigenvalue weighted by Gasteiger charge is -2.31. The lowest BCUT2D eigenvalue weighted by molar-refractivity contribution is -0.122. The molecule has 0 aromatic heterocycles. The predicted octanol–water partition coefficient (Wildman–Crippen LogP) is 3.86. The number of hydrogen-bond acceptors (Lipinski definition) is 9. The van der Waals surface area contributed by atoms with Gasteiger partial charge in [-0.3, -0.25) is 19.3 Å². The Kier molecular flexibility index (Phi) is 10.4. The Morgan fingerprint density at radius 3 is 2.42 bits per heavy atom. The molecule has 2 N–H and O–H groups in total. The predicted molar refractivity (Wildman–Crippen MR) is 174 cm³/mol. The normalized spacial score (nSPS) is 15.0. The quantitative estimate of drug-likeness (QED) is 0.292. The van der Waals surface area contributed by atoms with Crippen LogP contribution in [0.1, 0.15) is 29.5 Å². The van der Waals surface area contributed by atoms with Crippen LogP contribution in [0.2, 0.25) is 0 Å². The third-order valence-corrected chi connectivity index (χ3v) is 8.39. The molecule has 11 nitrogen and oxygen atoms in total. The number of amidine groups is 2. The van der Waals surface area contributed by atoms with Gasteiger partial charge in [0.1, 0.15) is 17.6 Å². The average molecular weight is 630 g/mol. The van der Waals surface area contributed by atoms with Crippen molar-refractivity contribution in [3.05, 3.63) is 83.4 Å². The molecular weight excluding hydrogens is 594 g/mol. The lowest BCUT2D eigenvalue weighted by atomic mass is 10.1. The van der Waals surface area contributed by atoms with Crippen LogP contribution < -0.4 is 24.8 Å². The lowest BCUT2D eigenvalue weighted by Crippen LogP contribution is -2.44. The first-order valence-corrected chi connectivity index (χ1v) is 15.5. The van der Waals surface area contributed by atoms with Gasteiger partial charge in [-0.25, -0.2) is 4.99 Å². The van der Waals surface area contributed by atoms with Crippen LogP contribution in [-0.4, -0.2) is 73.3 Å². The van der Waals surface area contributed by atoms with E-state index in [0.29, 0.717) is 53.4 Å². The first kappa shape index (κ1) is 31.6. The highest BCUT2D eigenvalue weighted by Gasteiger charge is 2.41. The van der Waals surface area contributed by atoms with Crippen LogP contribution in [0.5, 0.6) is 17.2 Å². The number of hydrogen-bond donors (Lipinski definition) is 2. The van der Waals surface area contributed by atoms with Gasteiger partial charge in [-0.15, -0.1) is 0 Å². The zero-order valence-corrected chi connectivity index (χ0v) is 26.2. The topological polar surface area (TPSA) is 131 Å². The van der Waals surface area contributed by atoms with Crippen LogP contribution >= 0.6 is 11.8 Å². The highest BCUT2D eigenvalue weighted by atomic mass is 32.2. The van der Waals surface area contributed by atoms with E-state index in [1.54, 1.807) is 26.2 Å². The van der Waals surface area contributed by atoms with E-state index in [4.69, 9.17) is 19.2 Å². The highest BCUT2D eigenvalue weighted by Crippen LogP contribution is 2.35. The fraction of sp³-hybridized carbons (Fsp3) is 0.303. The Labute approximate surface area is 266 Å². The van der Waals surface area contributed by atoms with E-state index in [1.807, 2.05) is 66.7 Å². The molecule has 2 aliphatic rings. The summed E-state index contributed by atoms with van der Waals surface area (Å²) in [6.07, 6.45) is 0.966. The first-order valence-electron chi connectivity index (χ1n) is 14.5. The fourth-order valence-electron chi connectivity index (χ4n) is 5.14. The van der Waals surface area contributed by atoms with Gasteiger partial charge in [-0.1, -0.05) is 48.2 Å². The molecule has 0 saturated carbocycles. The molecule has 2 aliphatic heterocycles. The van der Waals surface area contributed by atoms with Gasteiger partial charge in [0.15, 0.2) is 16.7 Å². The number of benzene rings is 3. The van der Waals surface area contributed by atoms with Crippen molar-refractivity contribution in [1.82, 2.24) is 15.5 Å². The van der Waals surface area contributed by atoms with Gasteiger partial charge in [0, 0.05) is 30.6 Å². The molecule has 1 atom stereocenters. The number of ether oxygens (including phenoxy) is 3. The molecule has 12 heteroatoms. The Balaban J connectivity index is 1.20. The number of thioether (sulfide) groups is 1. The highest BCUT2D eigenvalue weighted by molar-refractivity contribution is 8.14. The zero-order chi connectivity index (χ0) is 31.8. The van der Waals surface area contributed by atoms with Gasteiger partial charge in [-0.2, -0.15) is 4.99 Å². The van der Waals surface area contributed by atoms with Crippen LogP contribution in [-0.2, 0) is 27.3 Å². The van der Waals surface area contributed by atoms with Crippen LogP contribution in [0.25, 0.3) is 0 Å². The number of carbonyl (C=O) groups is 3. The minimum absolute atomic E-state index is 0.0943. The van der Waals surface area contributed by atoms with Crippen molar-refractivity contribution in [1.29, 1.82) is 0 Å². The number of para-hydroxylation sites is 2. The monoisotopic (exact) mass is 629 g/mol. The van der Waals surface area contributed by atoms with Gasteiger partial charge in [-0.05, 0) is 48.7 Å². The number of methoxy groups -OCH3 is 3. The Bertz CT molecular complexity index is 1640. The summed E-state index contributed by atoms with van der Waals surface area (Å²) in [5.74, 6) is 1.85. The molecule has 234 valence electrons. The molecule has 45 heavy (non-hydrogen) atoms. The van der Waals surface area contributed by atoms with Crippen LogP contribution in [0.3, 0.4) is 0 Å². The molecule has 2 heterocycles. The molecule has 0 spiro atoms. The summed E-state index contributed by atoms with van der Waals surface area (Å²) in [4.78, 5) is 49.6. The summed E-state index contributed by atoms with van der Waals surface area (Å²) >= 11 is 1.23. The third-order valence-electron chi connectivity index (χ3n) is 7.44. The van der Waals surface area contributed by atoms with Crippen LogP contribution in [0.15, 0.2) is 76.7 Å². The third kappa shape index (κ3) is 7.46. The van der Waals surface area contributed by atoms with E-state index in [9.17, 15) is 14.4 Å². The van der Waals surface area contributed by atoms with Crippen molar-refractivity contribution >= 4 is 46.2 Å². The standard InChI is InChI=1S/C33H35N5O6S/c1-42-26-11-7-4-8-22(26)19-35-29(39)15-13-25-32(41)37-31-23-9-5-6-10-24(23)36-33(38(25)31)45-20-30(40)34-17-16-21-12-14-27(43-2)28(18-21)44-3/h4-12,14,18,25H,13,15-17,19-20H2,1-3H3,(H,34,40)(H,35,39). The Morgan fingerprint density at radius 1 is 0.867 bits per heavy atom. The summed E-state index contributed by atoms with van der Waals surface area (Å²) in [5, 5.41) is 6.35. The van der Waals surface area contributed by atoms with E-state index >= 15 is 0 Å². The second-order valence-corrected chi connectivity index (χ2v) is 11.2. The van der Waals surface area contributed by atoms with Gasteiger partial charge < -0.3 is 24.8 Å². The number of nitrogens with one attached hydrogen (secondary N) is 2. The van der Waals surface area contributed by atoms with E-state index in [0.717, 1.165) is 16.7 Å². The molecule has 0 bridgehead atoms. The van der Waals surface area contributed by atoms with Gasteiger partial charge in [0.05, 0.1) is 32.8 Å². The van der Waals surface area contributed by atoms with Gasteiger partial charge in [0.2, 0.25) is 11.8 Å². The molecular formula is C33H35N5O6S. The first-order chi connectivity index (χ1) is 21.9. The molecule has 5 rings (SSSR count). The largest absolute Gasteiger partial charge is 0.496 e. The van der Waals surface area contributed by atoms with E-state index in [2.05, 4.69) is 15.6 Å². The molecule has 3 aromatic carbocycles. The van der Waals surface area contributed by atoms with Crippen molar-refractivity contribution in [2.45, 2.75) is 31.8 Å².